The lowest BCUT2D eigenvalue weighted by molar-refractivity contribution is -0.0498. The number of nitrogens with zero attached hydrogens (tertiary/aromatic N) is 2. The summed E-state index contributed by atoms with van der Waals surface area (Å²) in [6.45, 7) is 0.820. The fourth-order valence-electron chi connectivity index (χ4n) is 2.00. The monoisotopic (exact) mass is 316 g/mol. The molecule has 2 rings (SSSR count). The van der Waals surface area contributed by atoms with Gasteiger partial charge >= 0.3 is 6.61 Å². The highest BCUT2D eigenvalue weighted by Gasteiger charge is 2.19. The predicted molar refractivity (Wildman–Crippen MR) is 75.2 cm³/mol. The van der Waals surface area contributed by atoms with Gasteiger partial charge in [0.2, 0.25) is 0 Å². The van der Waals surface area contributed by atoms with Gasteiger partial charge in [0.05, 0.1) is 18.0 Å². The highest BCUT2D eigenvalue weighted by molar-refractivity contribution is 6.30. The van der Waals surface area contributed by atoms with E-state index in [1.807, 2.05) is 13.8 Å². The van der Waals surface area contributed by atoms with E-state index in [0.29, 0.717) is 22.1 Å². The van der Waals surface area contributed by atoms with E-state index in [4.69, 9.17) is 11.6 Å². The largest absolute Gasteiger partial charge is 0.435 e. The maximum absolute atomic E-state index is 12.1. The number of aliphatic hydroxyl groups is 1. The molecule has 114 valence electrons. The van der Waals surface area contributed by atoms with E-state index in [0.717, 1.165) is 0 Å². The van der Waals surface area contributed by atoms with Gasteiger partial charge in [-0.05, 0) is 30.2 Å². The molecular weight excluding hydrogens is 302 g/mol. The van der Waals surface area contributed by atoms with Crippen LogP contribution in [0.3, 0.4) is 0 Å². The lowest BCUT2D eigenvalue weighted by Crippen LogP contribution is -2.02. The number of hydrogen-bond acceptors (Lipinski definition) is 3. The average molecular weight is 317 g/mol. The molecule has 0 amide bonds. The molecule has 0 atom stereocenters. The van der Waals surface area contributed by atoms with Crippen LogP contribution in [-0.4, -0.2) is 21.5 Å². The Morgan fingerprint density at radius 1 is 1.29 bits per heavy atom. The van der Waals surface area contributed by atoms with Crippen LogP contribution in [0.2, 0.25) is 5.15 Å². The molecule has 1 N–H and O–H groups in total. The predicted octanol–water partition coefficient (Wildman–Crippen LogP) is 3.74. The molecule has 0 spiro atoms. The Kier molecular flexibility index (Phi) is 4.80. The summed E-state index contributed by atoms with van der Waals surface area (Å²) in [4.78, 5) is 0. The van der Waals surface area contributed by atoms with Crippen LogP contribution < -0.4 is 4.74 Å². The van der Waals surface area contributed by atoms with Crippen LogP contribution >= 0.6 is 11.6 Å². The summed E-state index contributed by atoms with van der Waals surface area (Å²) >= 11 is 6.22. The van der Waals surface area contributed by atoms with Gasteiger partial charge in [-0.1, -0.05) is 25.4 Å². The first-order valence-corrected chi connectivity index (χ1v) is 6.75. The summed E-state index contributed by atoms with van der Waals surface area (Å²) in [5.74, 6) is 0.163. The molecular formula is C14H15ClF2N2O2. The number of halogens is 3. The Morgan fingerprint density at radius 3 is 2.33 bits per heavy atom. The quantitative estimate of drug-likeness (QED) is 0.914. The number of ether oxygens (including phenoxy) is 1. The van der Waals surface area contributed by atoms with Crippen molar-refractivity contribution < 1.29 is 18.6 Å². The molecule has 7 heteroatoms. The first kappa shape index (κ1) is 15.7. The van der Waals surface area contributed by atoms with Gasteiger partial charge in [-0.3, -0.25) is 0 Å². The van der Waals surface area contributed by atoms with Crippen LogP contribution in [-0.2, 0) is 6.61 Å². The van der Waals surface area contributed by atoms with Crippen molar-refractivity contribution in [3.8, 4) is 11.4 Å². The molecule has 0 saturated carbocycles. The molecule has 0 aliphatic carbocycles. The third-order valence-corrected chi connectivity index (χ3v) is 3.35. The Hall–Kier alpha value is -1.66. The van der Waals surface area contributed by atoms with Gasteiger partial charge in [0, 0.05) is 5.56 Å². The van der Waals surface area contributed by atoms with E-state index < -0.39 is 6.61 Å². The zero-order valence-electron chi connectivity index (χ0n) is 11.6. The SMILES string of the molecule is CC(C)c1nn(-c2ccc(OC(F)F)cc2)c(Cl)c1CO. The minimum absolute atomic E-state index is 0.0588. The molecule has 4 nitrogen and oxygen atoms in total. The van der Waals surface area contributed by atoms with Crippen molar-refractivity contribution in [1.29, 1.82) is 0 Å². The average Bonchev–Trinajstić information content (AvgIpc) is 2.76. The highest BCUT2D eigenvalue weighted by atomic mass is 35.5. The minimum Gasteiger partial charge on any atom is -0.435 e. The number of aromatic nitrogens is 2. The highest BCUT2D eigenvalue weighted by Crippen LogP contribution is 2.29. The van der Waals surface area contributed by atoms with E-state index in [1.165, 1.54) is 16.8 Å². The lowest BCUT2D eigenvalue weighted by Gasteiger charge is -2.06. The van der Waals surface area contributed by atoms with Gasteiger partial charge in [0.1, 0.15) is 10.9 Å². The Labute approximate surface area is 125 Å². The van der Waals surface area contributed by atoms with Gasteiger partial charge in [0.25, 0.3) is 0 Å². The lowest BCUT2D eigenvalue weighted by atomic mass is 10.1. The van der Waals surface area contributed by atoms with Crippen LogP contribution in [0.15, 0.2) is 24.3 Å². The smallest absolute Gasteiger partial charge is 0.387 e. The summed E-state index contributed by atoms with van der Waals surface area (Å²) < 4.78 is 30.0. The summed E-state index contributed by atoms with van der Waals surface area (Å²) in [5, 5.41) is 14.1. The van der Waals surface area contributed by atoms with Gasteiger partial charge in [-0.25, -0.2) is 4.68 Å². The van der Waals surface area contributed by atoms with Crippen molar-refractivity contribution in [2.75, 3.05) is 0 Å². The fourth-order valence-corrected chi connectivity index (χ4v) is 2.29. The maximum atomic E-state index is 12.1. The minimum atomic E-state index is -2.86. The van der Waals surface area contributed by atoms with E-state index in [-0.39, 0.29) is 18.3 Å². The van der Waals surface area contributed by atoms with Gasteiger partial charge in [-0.2, -0.15) is 13.9 Å². The van der Waals surface area contributed by atoms with E-state index in [9.17, 15) is 13.9 Å². The van der Waals surface area contributed by atoms with Gasteiger partial charge < -0.3 is 9.84 Å². The maximum Gasteiger partial charge on any atom is 0.387 e. The number of alkyl halides is 2. The van der Waals surface area contributed by atoms with Crippen molar-refractivity contribution in [3.63, 3.8) is 0 Å². The van der Waals surface area contributed by atoms with Crippen LogP contribution in [0, 0.1) is 0 Å². The molecule has 21 heavy (non-hydrogen) atoms. The molecule has 2 aromatic rings. The first-order chi connectivity index (χ1) is 9.93. The van der Waals surface area contributed by atoms with Crippen molar-refractivity contribution in [2.45, 2.75) is 33.0 Å². The molecule has 0 aliphatic rings. The summed E-state index contributed by atoms with van der Waals surface area (Å²) in [6.07, 6.45) is 0. The van der Waals surface area contributed by atoms with E-state index in [2.05, 4.69) is 9.84 Å². The molecule has 1 aromatic carbocycles. The molecule has 0 aliphatic heterocycles. The fraction of sp³-hybridized carbons (Fsp3) is 0.357. The zero-order valence-corrected chi connectivity index (χ0v) is 12.3. The standard InChI is InChI=1S/C14H15ClF2N2O2/c1-8(2)12-11(7-20)13(15)19(18-12)9-3-5-10(6-4-9)21-14(16)17/h3-6,8,14,20H,7H2,1-2H3. The molecule has 1 heterocycles. The second kappa shape index (κ2) is 6.41. The number of aliphatic hydroxyl groups excluding tert-OH is 1. The normalized spacial score (nSPS) is 11.4. The first-order valence-electron chi connectivity index (χ1n) is 6.37. The van der Waals surface area contributed by atoms with Crippen molar-refractivity contribution >= 4 is 11.6 Å². The number of rotatable bonds is 5. The van der Waals surface area contributed by atoms with Crippen molar-refractivity contribution in [2.24, 2.45) is 0 Å². The van der Waals surface area contributed by atoms with Gasteiger partial charge in [0.15, 0.2) is 0 Å². The number of benzene rings is 1. The summed E-state index contributed by atoms with van der Waals surface area (Å²) in [5.41, 5.74) is 1.87. The molecule has 0 radical (unpaired) electrons. The van der Waals surface area contributed by atoms with Crippen molar-refractivity contribution in [3.05, 3.63) is 40.7 Å². The van der Waals surface area contributed by atoms with E-state index >= 15 is 0 Å². The van der Waals surface area contributed by atoms with Crippen LogP contribution in [0.25, 0.3) is 5.69 Å². The topological polar surface area (TPSA) is 47.3 Å². The van der Waals surface area contributed by atoms with Crippen LogP contribution in [0.5, 0.6) is 5.75 Å². The van der Waals surface area contributed by atoms with E-state index in [1.54, 1.807) is 12.1 Å². The zero-order chi connectivity index (χ0) is 15.6. The molecule has 0 unspecified atom stereocenters. The second-order valence-corrected chi connectivity index (χ2v) is 5.11. The third kappa shape index (κ3) is 3.33. The molecule has 1 aromatic heterocycles. The number of hydrogen-bond donors (Lipinski definition) is 1. The summed E-state index contributed by atoms with van der Waals surface area (Å²) in [7, 11) is 0. The second-order valence-electron chi connectivity index (χ2n) is 4.75. The van der Waals surface area contributed by atoms with Crippen LogP contribution in [0.1, 0.15) is 31.0 Å². The molecule has 0 fully saturated rings. The Balaban J connectivity index is 2.38. The molecule has 0 saturated heterocycles. The van der Waals surface area contributed by atoms with Crippen LogP contribution in [0.4, 0.5) is 8.78 Å². The van der Waals surface area contributed by atoms with Gasteiger partial charge in [-0.15, -0.1) is 0 Å². The Morgan fingerprint density at radius 2 is 1.90 bits per heavy atom. The summed E-state index contributed by atoms with van der Waals surface area (Å²) in [6, 6.07) is 5.96. The van der Waals surface area contributed by atoms with Crippen molar-refractivity contribution in [1.82, 2.24) is 9.78 Å². The Bertz CT molecular complexity index is 612. The third-order valence-electron chi connectivity index (χ3n) is 2.96. The molecule has 0 bridgehead atoms.